The second kappa shape index (κ2) is 10.4. The average Bonchev–Trinajstić information content (AvgIpc) is 2.60. The quantitative estimate of drug-likeness (QED) is 0.606. The van der Waals surface area contributed by atoms with Crippen LogP contribution in [0.25, 0.3) is 0 Å². The monoisotopic (exact) mass is 344 g/mol. The van der Waals surface area contributed by atoms with Gasteiger partial charge in [0.2, 0.25) is 10.0 Å². The van der Waals surface area contributed by atoms with Gasteiger partial charge in [-0.2, -0.15) is 20.1 Å². The van der Waals surface area contributed by atoms with E-state index in [1.165, 1.54) is 16.4 Å². The summed E-state index contributed by atoms with van der Waals surface area (Å²) in [4.78, 5) is 0.00747. The number of unbranched alkanes of at least 4 members (excludes halogenated alkanes) is 4. The van der Waals surface area contributed by atoms with E-state index in [2.05, 4.69) is 0 Å². The number of hydrogen-bond acceptors (Lipinski definition) is 5. The lowest BCUT2D eigenvalue weighted by atomic mass is 10.2. The average molecular weight is 344 g/mol. The van der Waals surface area contributed by atoms with Crippen molar-refractivity contribution < 1.29 is 8.42 Å². The highest BCUT2D eigenvalue weighted by Crippen LogP contribution is 2.21. The van der Waals surface area contributed by atoms with Gasteiger partial charge < -0.3 is 0 Å². The molecule has 0 aliphatic carbocycles. The van der Waals surface area contributed by atoms with Crippen molar-refractivity contribution in [1.29, 1.82) is 15.8 Å². The molecular weight excluding hydrogens is 324 g/mol. The first-order valence-electron chi connectivity index (χ1n) is 7.81. The Hall–Kier alpha value is -2.40. The van der Waals surface area contributed by atoms with E-state index < -0.39 is 10.0 Å². The standard InChI is InChI=1S/C17H20N4O2S/c18-11-5-1-7-13-21(14-8-2-6-12-19)24(22,23)17-10-4-3-9-16(17)15-20/h3-4,9-10H,1-2,5-8,13-14H2. The van der Waals surface area contributed by atoms with E-state index in [4.69, 9.17) is 15.8 Å². The van der Waals surface area contributed by atoms with E-state index in [-0.39, 0.29) is 10.5 Å². The van der Waals surface area contributed by atoms with Crippen LogP contribution in [0.15, 0.2) is 29.2 Å². The molecule has 0 aromatic heterocycles. The molecule has 126 valence electrons. The van der Waals surface area contributed by atoms with Crippen molar-refractivity contribution in [3.05, 3.63) is 29.8 Å². The molecule has 24 heavy (non-hydrogen) atoms. The molecule has 0 N–H and O–H groups in total. The SMILES string of the molecule is N#CCCCCN(CCCCC#N)S(=O)(=O)c1ccccc1C#N. The Morgan fingerprint density at radius 1 is 0.875 bits per heavy atom. The summed E-state index contributed by atoms with van der Waals surface area (Å²) in [6.45, 7) is 0.604. The molecule has 1 aromatic rings. The topological polar surface area (TPSA) is 109 Å². The van der Waals surface area contributed by atoms with E-state index in [1.54, 1.807) is 12.1 Å². The lowest BCUT2D eigenvalue weighted by molar-refractivity contribution is 0.391. The number of benzene rings is 1. The molecule has 0 aliphatic rings. The fourth-order valence-corrected chi connectivity index (χ4v) is 3.92. The van der Waals surface area contributed by atoms with Gasteiger partial charge in [-0.05, 0) is 37.8 Å². The van der Waals surface area contributed by atoms with Crippen LogP contribution >= 0.6 is 0 Å². The molecule has 0 amide bonds. The maximum absolute atomic E-state index is 12.9. The molecule has 0 spiro atoms. The highest BCUT2D eigenvalue weighted by molar-refractivity contribution is 7.89. The molecule has 1 aromatic carbocycles. The number of sulfonamides is 1. The Kier molecular flexibility index (Phi) is 8.50. The minimum Gasteiger partial charge on any atom is -0.207 e. The zero-order chi connectivity index (χ0) is 17.8. The van der Waals surface area contributed by atoms with Crippen LogP contribution in [-0.4, -0.2) is 25.8 Å². The van der Waals surface area contributed by atoms with E-state index in [0.29, 0.717) is 51.6 Å². The van der Waals surface area contributed by atoms with Gasteiger partial charge in [-0.3, -0.25) is 0 Å². The number of rotatable bonds is 10. The van der Waals surface area contributed by atoms with Crippen molar-refractivity contribution in [2.45, 2.75) is 43.4 Å². The fraction of sp³-hybridized carbons (Fsp3) is 0.471. The summed E-state index contributed by atoms with van der Waals surface area (Å²) in [5.41, 5.74) is 0.122. The number of hydrogen-bond donors (Lipinski definition) is 0. The predicted octanol–water partition coefficient (Wildman–Crippen LogP) is 2.94. The van der Waals surface area contributed by atoms with Gasteiger partial charge in [0.15, 0.2) is 0 Å². The molecule has 0 aliphatic heterocycles. The van der Waals surface area contributed by atoms with Gasteiger partial charge in [0.05, 0.1) is 22.6 Å². The van der Waals surface area contributed by atoms with Crippen LogP contribution in [0.4, 0.5) is 0 Å². The maximum Gasteiger partial charge on any atom is 0.244 e. The lowest BCUT2D eigenvalue weighted by Crippen LogP contribution is -2.33. The summed E-state index contributed by atoms with van der Waals surface area (Å²) >= 11 is 0. The van der Waals surface area contributed by atoms with Gasteiger partial charge in [0, 0.05) is 25.9 Å². The smallest absolute Gasteiger partial charge is 0.207 e. The van der Waals surface area contributed by atoms with Crippen molar-refractivity contribution in [3.63, 3.8) is 0 Å². The van der Waals surface area contributed by atoms with Crippen LogP contribution in [-0.2, 0) is 10.0 Å². The van der Waals surface area contributed by atoms with Crippen molar-refractivity contribution in [1.82, 2.24) is 4.31 Å². The first kappa shape index (κ1) is 19.6. The highest BCUT2D eigenvalue weighted by Gasteiger charge is 2.26. The predicted molar refractivity (Wildman–Crippen MR) is 88.8 cm³/mol. The zero-order valence-corrected chi connectivity index (χ0v) is 14.3. The van der Waals surface area contributed by atoms with Crippen LogP contribution in [0.5, 0.6) is 0 Å². The Morgan fingerprint density at radius 3 is 1.92 bits per heavy atom. The fourth-order valence-electron chi connectivity index (χ4n) is 2.26. The van der Waals surface area contributed by atoms with Gasteiger partial charge in [0.25, 0.3) is 0 Å². The molecule has 0 radical (unpaired) electrons. The van der Waals surface area contributed by atoms with Crippen molar-refractivity contribution in [2.75, 3.05) is 13.1 Å². The normalized spacial score (nSPS) is 10.8. The Labute approximate surface area is 143 Å². The Morgan fingerprint density at radius 2 is 1.42 bits per heavy atom. The van der Waals surface area contributed by atoms with Crippen molar-refractivity contribution in [2.24, 2.45) is 0 Å². The third kappa shape index (κ3) is 5.66. The summed E-state index contributed by atoms with van der Waals surface area (Å²) in [5.74, 6) is 0. The third-order valence-electron chi connectivity index (χ3n) is 3.52. The van der Waals surface area contributed by atoms with Gasteiger partial charge in [-0.15, -0.1) is 0 Å². The molecule has 0 fully saturated rings. The Bertz CT molecular complexity index is 732. The van der Waals surface area contributed by atoms with Gasteiger partial charge in [-0.1, -0.05) is 12.1 Å². The van der Waals surface area contributed by atoms with Crippen LogP contribution in [0.2, 0.25) is 0 Å². The van der Waals surface area contributed by atoms with Gasteiger partial charge in [-0.25, -0.2) is 8.42 Å². The first-order valence-corrected chi connectivity index (χ1v) is 9.25. The lowest BCUT2D eigenvalue weighted by Gasteiger charge is -2.22. The Balaban J connectivity index is 2.95. The van der Waals surface area contributed by atoms with Crippen LogP contribution in [0.1, 0.15) is 44.1 Å². The summed E-state index contributed by atoms with van der Waals surface area (Å²) in [6, 6.07) is 12.1. The third-order valence-corrected chi connectivity index (χ3v) is 5.47. The molecule has 0 atom stereocenters. The van der Waals surface area contributed by atoms with Crippen LogP contribution in [0, 0.1) is 34.0 Å². The van der Waals surface area contributed by atoms with E-state index in [0.717, 1.165) is 0 Å². The molecule has 6 nitrogen and oxygen atoms in total. The first-order chi connectivity index (χ1) is 11.6. The second-order valence-electron chi connectivity index (χ2n) is 5.24. The molecule has 0 bridgehead atoms. The summed E-state index contributed by atoms with van der Waals surface area (Å²) in [6.07, 6.45) is 3.19. The number of nitriles is 3. The number of nitrogens with zero attached hydrogens (tertiary/aromatic N) is 4. The van der Waals surface area contributed by atoms with E-state index in [9.17, 15) is 8.42 Å². The zero-order valence-electron chi connectivity index (χ0n) is 13.5. The molecule has 0 saturated carbocycles. The highest BCUT2D eigenvalue weighted by atomic mass is 32.2. The molecule has 1 rings (SSSR count). The summed E-state index contributed by atoms with van der Waals surface area (Å²) < 4.78 is 27.1. The molecule has 0 saturated heterocycles. The minimum atomic E-state index is -3.77. The van der Waals surface area contributed by atoms with Crippen LogP contribution < -0.4 is 0 Å². The van der Waals surface area contributed by atoms with Crippen molar-refractivity contribution >= 4 is 10.0 Å². The van der Waals surface area contributed by atoms with Crippen molar-refractivity contribution in [3.8, 4) is 18.2 Å². The summed E-state index contributed by atoms with van der Waals surface area (Å²) in [5, 5.41) is 26.3. The molecule has 0 unspecified atom stereocenters. The summed E-state index contributed by atoms with van der Waals surface area (Å²) in [7, 11) is -3.77. The van der Waals surface area contributed by atoms with E-state index in [1.807, 2.05) is 18.2 Å². The largest absolute Gasteiger partial charge is 0.244 e. The van der Waals surface area contributed by atoms with Crippen LogP contribution in [0.3, 0.4) is 0 Å². The van der Waals surface area contributed by atoms with Gasteiger partial charge in [0.1, 0.15) is 6.07 Å². The molecular formula is C17H20N4O2S. The molecule has 7 heteroatoms. The second-order valence-corrected chi connectivity index (χ2v) is 7.15. The van der Waals surface area contributed by atoms with Gasteiger partial charge >= 0.3 is 0 Å². The molecule has 0 heterocycles. The minimum absolute atomic E-state index is 0.00747. The van der Waals surface area contributed by atoms with E-state index >= 15 is 0 Å². The maximum atomic E-state index is 12.9.